The number of hydrogen-bond donors (Lipinski definition) is 2. The summed E-state index contributed by atoms with van der Waals surface area (Å²) in [6.45, 7) is 25.3. The van der Waals surface area contributed by atoms with Gasteiger partial charge in [0.15, 0.2) is 0 Å². The van der Waals surface area contributed by atoms with Crippen LogP contribution in [0.2, 0.25) is 0 Å². The van der Waals surface area contributed by atoms with Gasteiger partial charge in [-0.05, 0) is 145 Å². The van der Waals surface area contributed by atoms with Crippen LogP contribution in [0.5, 0.6) is 0 Å². The van der Waals surface area contributed by atoms with E-state index in [9.17, 15) is 9.50 Å². The van der Waals surface area contributed by atoms with Gasteiger partial charge in [-0.25, -0.2) is 9.37 Å². The van der Waals surface area contributed by atoms with Crippen molar-refractivity contribution in [2.45, 2.75) is 118 Å². The Labute approximate surface area is 420 Å². The summed E-state index contributed by atoms with van der Waals surface area (Å²) in [6, 6.07) is 26.4. The summed E-state index contributed by atoms with van der Waals surface area (Å²) in [7, 11) is 7.92. The van der Waals surface area contributed by atoms with Crippen molar-refractivity contribution in [3.63, 3.8) is 0 Å². The smallest absolute Gasteiger partial charge is 0.146 e. The van der Waals surface area contributed by atoms with Gasteiger partial charge in [0.2, 0.25) is 0 Å². The number of piperidine rings is 1. The summed E-state index contributed by atoms with van der Waals surface area (Å²) in [6.07, 6.45) is 18.2. The maximum absolute atomic E-state index is 13.3. The van der Waals surface area contributed by atoms with Gasteiger partial charge in [-0.2, -0.15) is 0 Å². The third-order valence-electron chi connectivity index (χ3n) is 13.5. The number of pyridine rings is 1. The van der Waals surface area contributed by atoms with Gasteiger partial charge in [0.25, 0.3) is 0 Å². The monoisotopic (exact) mass is 947 g/mol. The molecule has 0 aliphatic carbocycles. The van der Waals surface area contributed by atoms with Crippen molar-refractivity contribution in [3.8, 4) is 22.5 Å². The molecule has 3 aliphatic heterocycles. The molecule has 10 heteroatoms. The second-order valence-electron chi connectivity index (χ2n) is 19.0. The molecule has 1 unspecified atom stereocenters. The normalized spacial score (nSPS) is 19.0. The Kier molecular flexibility index (Phi) is 19.7. The lowest BCUT2D eigenvalue weighted by atomic mass is 9.85. The van der Waals surface area contributed by atoms with Crippen LogP contribution in [-0.4, -0.2) is 115 Å². The number of nitrogens with one attached hydrogen (secondary N) is 1. The molecule has 5 heterocycles. The van der Waals surface area contributed by atoms with Gasteiger partial charge in [-0.1, -0.05) is 82.0 Å². The average Bonchev–Trinajstić information content (AvgIpc) is 4.03. The number of benzene rings is 2. The first-order chi connectivity index (χ1) is 33.6. The lowest BCUT2D eigenvalue weighted by Crippen LogP contribution is -2.37. The van der Waals surface area contributed by atoms with E-state index in [-0.39, 0.29) is 18.7 Å². The van der Waals surface area contributed by atoms with E-state index in [0.29, 0.717) is 25.0 Å². The number of aryl methyl sites for hydroxylation is 2. The van der Waals surface area contributed by atoms with Crippen LogP contribution in [0, 0.1) is 26.0 Å². The van der Waals surface area contributed by atoms with Crippen LogP contribution in [0.4, 0.5) is 10.2 Å². The van der Waals surface area contributed by atoms with E-state index in [0.717, 1.165) is 111 Å². The second-order valence-corrected chi connectivity index (χ2v) is 19.0. The maximum Gasteiger partial charge on any atom is 0.146 e. The number of aromatic nitrogens is 2. The van der Waals surface area contributed by atoms with E-state index in [2.05, 4.69) is 154 Å². The molecule has 2 saturated heterocycles. The van der Waals surface area contributed by atoms with Crippen LogP contribution in [0.3, 0.4) is 0 Å². The first-order valence-electron chi connectivity index (χ1n) is 25.2. The molecular formula is C60H79FN8O. The van der Waals surface area contributed by atoms with E-state index in [1.807, 2.05) is 71.3 Å². The molecule has 0 saturated carbocycles. The predicted molar refractivity (Wildman–Crippen MR) is 297 cm³/mol. The van der Waals surface area contributed by atoms with Gasteiger partial charge in [0.05, 0.1) is 23.9 Å². The van der Waals surface area contributed by atoms with Crippen molar-refractivity contribution < 1.29 is 9.50 Å². The Morgan fingerprint density at radius 2 is 1.69 bits per heavy atom. The fraction of sp³-hybridized carbons (Fsp3) is 0.433. The molecule has 4 aromatic rings. The molecule has 9 nitrogen and oxygen atoms in total. The molecule has 2 fully saturated rings. The lowest BCUT2D eigenvalue weighted by molar-refractivity contribution is 0.111. The number of halogens is 1. The number of aliphatic hydroxyl groups excluding tert-OH is 1. The van der Waals surface area contributed by atoms with Gasteiger partial charge in [-0.15, -0.1) is 0 Å². The van der Waals surface area contributed by atoms with Crippen LogP contribution in [0.25, 0.3) is 44.8 Å². The highest BCUT2D eigenvalue weighted by molar-refractivity contribution is 6.15. The highest BCUT2D eigenvalue weighted by Crippen LogP contribution is 2.42. The molecule has 70 heavy (non-hydrogen) atoms. The first-order valence-corrected chi connectivity index (χ1v) is 25.2. The molecule has 2 atom stereocenters. The largest absolute Gasteiger partial charge is 0.394 e. The summed E-state index contributed by atoms with van der Waals surface area (Å²) < 4.78 is 13.3. The van der Waals surface area contributed by atoms with E-state index in [1.54, 1.807) is 7.05 Å². The number of aliphatic hydroxyl groups is 1. The maximum atomic E-state index is 13.3. The molecule has 2 aromatic carbocycles. The third-order valence-corrected chi connectivity index (χ3v) is 13.5. The van der Waals surface area contributed by atoms with Crippen molar-refractivity contribution in [1.82, 2.24) is 25.1 Å². The second kappa shape index (κ2) is 25.1. The van der Waals surface area contributed by atoms with Crippen molar-refractivity contribution in [2.24, 2.45) is 9.98 Å². The van der Waals surface area contributed by atoms with E-state index < -0.39 is 11.2 Å². The van der Waals surface area contributed by atoms with E-state index in [4.69, 9.17) is 15.0 Å². The molecular weight excluding hydrogens is 868 g/mol. The van der Waals surface area contributed by atoms with Crippen LogP contribution >= 0.6 is 0 Å². The summed E-state index contributed by atoms with van der Waals surface area (Å²) >= 11 is 0. The molecule has 0 bridgehead atoms. The quantitative estimate of drug-likeness (QED) is 0.0906. The number of rotatable bonds is 15. The van der Waals surface area contributed by atoms with Crippen molar-refractivity contribution in [3.05, 3.63) is 137 Å². The zero-order valence-electron chi connectivity index (χ0n) is 44.4. The molecule has 372 valence electrons. The number of hydrogen-bond acceptors (Lipinski definition) is 9. The summed E-state index contributed by atoms with van der Waals surface area (Å²) in [5.74, 6) is 0.786. The minimum absolute atomic E-state index is 0.0334. The number of anilines is 1. The molecule has 2 aromatic heterocycles. The molecule has 0 amide bonds. The average molecular weight is 947 g/mol. The highest BCUT2D eigenvalue weighted by atomic mass is 19.1. The van der Waals surface area contributed by atoms with E-state index in [1.165, 1.54) is 0 Å². The summed E-state index contributed by atoms with van der Waals surface area (Å²) in [5.41, 5.74) is 12.2. The van der Waals surface area contributed by atoms with Crippen LogP contribution in [0.1, 0.15) is 114 Å². The summed E-state index contributed by atoms with van der Waals surface area (Å²) in [4.78, 5) is 26.5. The zero-order valence-corrected chi connectivity index (χ0v) is 44.4. The SMILES string of the molecule is C=C/C(=C\N(C)C)c1cccc(-c2c#cc(C3=CC(C)(/C(=C\N(C)C(C)C)c4cccc(-c5nc(C)c(/C(C=NC)=C/C)cc5C)c4)N=C3)c(N3CCC[C@H]3CO)n2)c1.CC.CCC1(F)CCNCC1. The predicted octanol–water partition coefficient (Wildman–Crippen LogP) is 12.3. The van der Waals surface area contributed by atoms with Gasteiger partial charge in [-0.3, -0.25) is 15.0 Å². The van der Waals surface area contributed by atoms with Gasteiger partial charge < -0.3 is 25.1 Å². The standard InChI is InChI=1S/C51H59N7O.C7H14FN.C2H6/c1-12-37(29-52-8)46-25-35(5)49(54-36(46)6)42-20-15-18-40(27-42)47(32-57(11)34(3)4)51(7)28-43(30-53-51)45-22-23-48(55-50(45)58-24-16-21-44(58)33-59)41-19-14-17-39(26-41)38(13-2)31-56(9)10;1-2-7(8)3-5-9-6-4-7;1-2/h12-15,17-20,25-32,34,44,59H,2,16,21,24,33H2,1,3-11H3;9H,2-6H2,1H3;1-2H3/b37-12+,38-31+,47-32-,52-29?;;/t44-,51?;;/m0../s1. The molecule has 0 spiro atoms. The number of allylic oxidation sites excluding steroid dienone is 5. The number of nitrogens with zero attached hydrogens (tertiary/aromatic N) is 7. The van der Waals surface area contributed by atoms with Crippen LogP contribution in [-0.2, 0) is 0 Å². The minimum Gasteiger partial charge on any atom is -0.394 e. The third kappa shape index (κ3) is 13.2. The van der Waals surface area contributed by atoms with Gasteiger partial charge in [0, 0.05) is 99.1 Å². The van der Waals surface area contributed by atoms with Gasteiger partial charge >= 0.3 is 0 Å². The Balaban J connectivity index is 0.000000738. The fourth-order valence-corrected chi connectivity index (χ4v) is 9.09. The number of aliphatic imine (C=N–C) groups is 2. The van der Waals surface area contributed by atoms with Gasteiger partial charge in [0.1, 0.15) is 22.7 Å². The molecule has 2 N–H and O–H groups in total. The molecule has 3 aliphatic rings. The Morgan fingerprint density at radius 3 is 2.30 bits per heavy atom. The minimum atomic E-state index is -0.842. The van der Waals surface area contributed by atoms with E-state index >= 15 is 0 Å². The van der Waals surface area contributed by atoms with Crippen LogP contribution in [0.15, 0.2) is 102 Å². The Bertz CT molecular complexity index is 2600. The van der Waals surface area contributed by atoms with Crippen molar-refractivity contribution in [2.75, 3.05) is 59.3 Å². The first kappa shape index (κ1) is 54.8. The number of alkyl halides is 1. The molecule has 7 rings (SSSR count). The fourth-order valence-electron chi connectivity index (χ4n) is 9.09. The van der Waals surface area contributed by atoms with Crippen molar-refractivity contribution in [1.29, 1.82) is 0 Å². The Morgan fingerprint density at radius 1 is 1.00 bits per heavy atom. The van der Waals surface area contributed by atoms with Crippen LogP contribution < -0.4 is 10.2 Å². The topological polar surface area (TPSA) is 92.5 Å². The zero-order chi connectivity index (χ0) is 51.2. The van der Waals surface area contributed by atoms with Crippen molar-refractivity contribution >= 4 is 40.5 Å². The Hall–Kier alpha value is -6.15. The highest BCUT2D eigenvalue weighted by Gasteiger charge is 2.35. The molecule has 0 radical (unpaired) electrons. The lowest BCUT2D eigenvalue weighted by Gasteiger charge is -2.28. The summed E-state index contributed by atoms with van der Waals surface area (Å²) in [5, 5.41) is 13.6.